The maximum Gasteiger partial charge on any atom is 0.494 e. The molecule has 6 heteroatoms. The lowest BCUT2D eigenvalue weighted by molar-refractivity contribution is 0.00578. The molecule has 1 fully saturated rings. The smallest absolute Gasteiger partial charge is 0.399 e. The molecule has 0 amide bonds. The number of pyridine rings is 3. The number of hydrogen-bond donors (Lipinski definition) is 0. The topological polar surface area (TPSA) is 57.1 Å². The minimum Gasteiger partial charge on any atom is -0.399 e. The molecule has 3 aromatic heterocycles. The van der Waals surface area contributed by atoms with Crippen LogP contribution in [0.4, 0.5) is 0 Å². The lowest BCUT2D eigenvalue weighted by Crippen LogP contribution is -2.41. The molecule has 0 radical (unpaired) electrons. The molecule has 0 aliphatic carbocycles. The molecule has 1 aliphatic heterocycles. The molecule has 162 valence electrons. The number of rotatable bonds is 2. The van der Waals surface area contributed by atoms with Gasteiger partial charge in [-0.25, -0.2) is 4.98 Å². The molecule has 33 heavy (non-hydrogen) atoms. The first kappa shape index (κ1) is 20.3. The van der Waals surface area contributed by atoms with Crippen molar-refractivity contribution in [3.05, 3.63) is 73.1 Å². The number of hydrogen-bond acceptors (Lipinski definition) is 5. The van der Waals surface area contributed by atoms with Crippen LogP contribution in [0.1, 0.15) is 27.7 Å². The van der Waals surface area contributed by atoms with Crippen LogP contribution in [0.3, 0.4) is 0 Å². The van der Waals surface area contributed by atoms with Gasteiger partial charge in [-0.15, -0.1) is 0 Å². The molecule has 0 bridgehead atoms. The molecule has 4 heterocycles. The summed E-state index contributed by atoms with van der Waals surface area (Å²) in [5.41, 5.74) is 4.93. The largest absolute Gasteiger partial charge is 0.494 e. The Kier molecular flexibility index (Phi) is 4.35. The predicted molar refractivity (Wildman–Crippen MR) is 133 cm³/mol. The van der Waals surface area contributed by atoms with Crippen LogP contribution in [0, 0.1) is 0 Å². The summed E-state index contributed by atoms with van der Waals surface area (Å²) < 4.78 is 12.4. The van der Waals surface area contributed by atoms with Crippen molar-refractivity contribution in [3.8, 4) is 11.3 Å². The van der Waals surface area contributed by atoms with Gasteiger partial charge in [-0.3, -0.25) is 9.97 Å². The van der Waals surface area contributed by atoms with E-state index in [1.54, 1.807) is 0 Å². The maximum atomic E-state index is 6.21. The third kappa shape index (κ3) is 3.29. The zero-order valence-corrected chi connectivity index (χ0v) is 19.2. The standard InChI is InChI=1S/C27H24BN3O2/c1-26(2)27(3,4)33-28(32-26)20-9-12-22-18(14-20)8-10-23(31-22)19-15-21-24(30-16-19)11-7-17-6-5-13-29-25(17)21/h5-16H,1-4H3. The molecule has 0 saturated carbocycles. The first-order chi connectivity index (χ1) is 15.8. The second kappa shape index (κ2) is 7.08. The highest BCUT2D eigenvalue weighted by Gasteiger charge is 2.51. The maximum absolute atomic E-state index is 6.21. The van der Waals surface area contributed by atoms with Crippen molar-refractivity contribution in [1.82, 2.24) is 15.0 Å². The Morgan fingerprint density at radius 2 is 1.52 bits per heavy atom. The first-order valence-electron chi connectivity index (χ1n) is 11.2. The average molecular weight is 433 g/mol. The normalized spacial score (nSPS) is 17.3. The molecule has 0 unspecified atom stereocenters. The minimum atomic E-state index is -0.385. The van der Waals surface area contributed by atoms with Gasteiger partial charge in [0.25, 0.3) is 0 Å². The summed E-state index contributed by atoms with van der Waals surface area (Å²) in [6.45, 7) is 8.27. The lowest BCUT2D eigenvalue weighted by Gasteiger charge is -2.32. The molecule has 0 N–H and O–H groups in total. The highest BCUT2D eigenvalue weighted by atomic mass is 16.7. The molecule has 1 saturated heterocycles. The number of benzene rings is 2. The molecule has 5 nitrogen and oxygen atoms in total. The van der Waals surface area contributed by atoms with Crippen LogP contribution in [-0.2, 0) is 9.31 Å². The van der Waals surface area contributed by atoms with Gasteiger partial charge in [0, 0.05) is 28.7 Å². The van der Waals surface area contributed by atoms with Gasteiger partial charge in [0.1, 0.15) is 0 Å². The fourth-order valence-corrected chi connectivity index (χ4v) is 4.31. The summed E-state index contributed by atoms with van der Waals surface area (Å²) in [5, 5.41) is 3.18. The van der Waals surface area contributed by atoms with E-state index in [1.807, 2.05) is 42.7 Å². The van der Waals surface area contributed by atoms with Crippen LogP contribution in [0.5, 0.6) is 0 Å². The van der Waals surface area contributed by atoms with Crippen LogP contribution in [0.2, 0.25) is 0 Å². The molecule has 2 aromatic carbocycles. The van der Waals surface area contributed by atoms with Crippen LogP contribution in [0.25, 0.3) is 44.0 Å². The summed E-state index contributed by atoms with van der Waals surface area (Å²) >= 11 is 0. The fraction of sp³-hybridized carbons (Fsp3) is 0.222. The van der Waals surface area contributed by atoms with E-state index in [9.17, 15) is 0 Å². The van der Waals surface area contributed by atoms with E-state index in [4.69, 9.17) is 14.3 Å². The molecule has 0 spiro atoms. The van der Waals surface area contributed by atoms with Crippen molar-refractivity contribution in [1.29, 1.82) is 0 Å². The van der Waals surface area contributed by atoms with Gasteiger partial charge in [0.2, 0.25) is 0 Å². The quantitative estimate of drug-likeness (QED) is 0.280. The zero-order valence-electron chi connectivity index (χ0n) is 19.2. The fourth-order valence-electron chi connectivity index (χ4n) is 4.31. The van der Waals surface area contributed by atoms with Crippen molar-refractivity contribution in [2.45, 2.75) is 38.9 Å². The zero-order chi connectivity index (χ0) is 22.8. The SMILES string of the molecule is CC1(C)OB(c2ccc3nc(-c4cnc5ccc6cccnc6c5c4)ccc3c2)OC1(C)C. The third-order valence-corrected chi connectivity index (χ3v) is 6.97. The number of aromatic nitrogens is 3. The van der Waals surface area contributed by atoms with E-state index in [1.165, 1.54) is 0 Å². The van der Waals surface area contributed by atoms with Crippen molar-refractivity contribution in [3.63, 3.8) is 0 Å². The molecule has 1 aliphatic rings. The summed E-state index contributed by atoms with van der Waals surface area (Å²) in [7, 11) is -0.385. The second-order valence-corrected chi connectivity index (χ2v) is 9.67. The summed E-state index contributed by atoms with van der Waals surface area (Å²) in [6, 6.07) is 20.6. The van der Waals surface area contributed by atoms with Crippen LogP contribution >= 0.6 is 0 Å². The Bertz CT molecular complexity index is 1530. The Balaban J connectivity index is 1.39. The van der Waals surface area contributed by atoms with Gasteiger partial charge >= 0.3 is 7.12 Å². The van der Waals surface area contributed by atoms with E-state index in [0.29, 0.717) is 0 Å². The van der Waals surface area contributed by atoms with Gasteiger partial charge in [-0.2, -0.15) is 0 Å². The summed E-state index contributed by atoms with van der Waals surface area (Å²) in [4.78, 5) is 14.2. The highest BCUT2D eigenvalue weighted by Crippen LogP contribution is 2.36. The third-order valence-electron chi connectivity index (χ3n) is 6.97. The Morgan fingerprint density at radius 1 is 0.758 bits per heavy atom. The van der Waals surface area contributed by atoms with Gasteiger partial charge < -0.3 is 9.31 Å². The Labute approximate surface area is 192 Å². The van der Waals surface area contributed by atoms with Gasteiger partial charge in [0.05, 0.1) is 33.4 Å². The summed E-state index contributed by atoms with van der Waals surface area (Å²) in [5.74, 6) is 0. The lowest BCUT2D eigenvalue weighted by atomic mass is 9.78. The van der Waals surface area contributed by atoms with E-state index in [0.717, 1.165) is 49.4 Å². The molecule has 0 atom stereocenters. The van der Waals surface area contributed by atoms with E-state index in [-0.39, 0.29) is 18.3 Å². The van der Waals surface area contributed by atoms with E-state index in [2.05, 4.69) is 68.0 Å². The van der Waals surface area contributed by atoms with Crippen molar-refractivity contribution >= 4 is 45.3 Å². The molecule has 5 aromatic rings. The molecular weight excluding hydrogens is 409 g/mol. The minimum absolute atomic E-state index is 0.364. The van der Waals surface area contributed by atoms with E-state index >= 15 is 0 Å². The Hall–Kier alpha value is -3.35. The number of nitrogens with zero attached hydrogens (tertiary/aromatic N) is 3. The second-order valence-electron chi connectivity index (χ2n) is 9.67. The average Bonchev–Trinajstić information content (AvgIpc) is 3.04. The first-order valence-corrected chi connectivity index (χ1v) is 11.2. The predicted octanol–water partition coefficient (Wildman–Crippen LogP) is 5.30. The van der Waals surface area contributed by atoms with Crippen LogP contribution in [-0.4, -0.2) is 33.3 Å². The highest BCUT2D eigenvalue weighted by molar-refractivity contribution is 6.62. The van der Waals surface area contributed by atoms with Crippen LogP contribution < -0.4 is 5.46 Å². The molecule has 6 rings (SSSR count). The number of fused-ring (bicyclic) bond motifs is 4. The summed E-state index contributed by atoms with van der Waals surface area (Å²) in [6.07, 6.45) is 3.70. The van der Waals surface area contributed by atoms with Crippen molar-refractivity contribution in [2.75, 3.05) is 0 Å². The molecular formula is C27H24BN3O2. The van der Waals surface area contributed by atoms with Crippen molar-refractivity contribution in [2.24, 2.45) is 0 Å². The van der Waals surface area contributed by atoms with Gasteiger partial charge in [-0.05, 0) is 68.9 Å². The Morgan fingerprint density at radius 3 is 2.33 bits per heavy atom. The van der Waals surface area contributed by atoms with Gasteiger partial charge in [-0.1, -0.05) is 30.3 Å². The van der Waals surface area contributed by atoms with Crippen LogP contribution in [0.15, 0.2) is 73.1 Å². The van der Waals surface area contributed by atoms with Crippen molar-refractivity contribution < 1.29 is 9.31 Å². The monoisotopic (exact) mass is 433 g/mol. The van der Waals surface area contributed by atoms with E-state index < -0.39 is 0 Å². The van der Waals surface area contributed by atoms with Gasteiger partial charge in [0.15, 0.2) is 0 Å².